The molecule has 17 heavy (non-hydrogen) atoms. The van der Waals surface area contributed by atoms with Gasteiger partial charge < -0.3 is 5.11 Å². The molecule has 0 heterocycles. The van der Waals surface area contributed by atoms with Crippen molar-refractivity contribution in [1.29, 1.82) is 0 Å². The lowest BCUT2D eigenvalue weighted by atomic mass is 10.0. The van der Waals surface area contributed by atoms with E-state index >= 15 is 0 Å². The van der Waals surface area contributed by atoms with Crippen LogP contribution in [0.3, 0.4) is 0 Å². The van der Waals surface area contributed by atoms with Crippen LogP contribution in [0.2, 0.25) is 0 Å². The van der Waals surface area contributed by atoms with Crippen LogP contribution < -0.4 is 0 Å². The van der Waals surface area contributed by atoms with Gasteiger partial charge in [0, 0.05) is 10.1 Å². The lowest BCUT2D eigenvalue weighted by molar-refractivity contribution is 0.173. The summed E-state index contributed by atoms with van der Waals surface area (Å²) in [6.07, 6.45) is 7.42. The number of rotatable bonds is 4. The minimum atomic E-state index is -0.302. The number of aliphatic hydroxyl groups is 1. The molecule has 1 aliphatic carbocycles. The minimum absolute atomic E-state index is 0.302. The first-order chi connectivity index (χ1) is 8.29. The highest BCUT2D eigenvalue weighted by Crippen LogP contribution is 2.34. The molecule has 1 atom stereocenters. The largest absolute Gasteiger partial charge is 0.388 e. The van der Waals surface area contributed by atoms with Crippen LogP contribution in [0.1, 0.15) is 57.1 Å². The number of hydrogen-bond acceptors (Lipinski definition) is 2. The van der Waals surface area contributed by atoms with Gasteiger partial charge in [0.25, 0.3) is 0 Å². The van der Waals surface area contributed by atoms with Gasteiger partial charge in [-0.2, -0.15) is 0 Å². The first kappa shape index (κ1) is 13.0. The van der Waals surface area contributed by atoms with Crippen LogP contribution in [0.5, 0.6) is 0 Å². The second-order valence-corrected chi connectivity index (χ2v) is 6.24. The molecule has 2 heteroatoms. The molecule has 0 saturated heterocycles. The molecular formula is C15H22OS. The van der Waals surface area contributed by atoms with Crippen molar-refractivity contribution in [2.45, 2.75) is 61.7 Å². The molecule has 1 aromatic rings. The second kappa shape index (κ2) is 6.46. The maximum atomic E-state index is 9.73. The molecule has 1 aliphatic rings. The maximum absolute atomic E-state index is 9.73. The van der Waals surface area contributed by atoms with Crippen LogP contribution in [-0.4, -0.2) is 10.4 Å². The molecule has 0 aliphatic heterocycles. The Morgan fingerprint density at radius 1 is 1.18 bits per heavy atom. The van der Waals surface area contributed by atoms with E-state index in [1.54, 1.807) is 0 Å². The van der Waals surface area contributed by atoms with Crippen molar-refractivity contribution < 1.29 is 5.11 Å². The Balaban J connectivity index is 1.93. The van der Waals surface area contributed by atoms with Crippen LogP contribution in [0.25, 0.3) is 0 Å². The number of aliphatic hydroxyl groups excluding tert-OH is 1. The molecule has 1 saturated carbocycles. The molecule has 1 fully saturated rings. The fourth-order valence-electron chi connectivity index (χ4n) is 2.38. The van der Waals surface area contributed by atoms with Crippen LogP contribution in [-0.2, 0) is 0 Å². The summed E-state index contributed by atoms with van der Waals surface area (Å²) in [5.74, 6) is 0. The van der Waals surface area contributed by atoms with Crippen molar-refractivity contribution in [2.75, 3.05) is 0 Å². The van der Waals surface area contributed by atoms with E-state index in [9.17, 15) is 5.11 Å². The van der Waals surface area contributed by atoms with Gasteiger partial charge in [-0.15, -0.1) is 11.8 Å². The van der Waals surface area contributed by atoms with Gasteiger partial charge in [0.15, 0.2) is 0 Å². The van der Waals surface area contributed by atoms with E-state index in [0.717, 1.165) is 17.2 Å². The Bertz CT molecular complexity index is 327. The van der Waals surface area contributed by atoms with Crippen molar-refractivity contribution in [1.82, 2.24) is 0 Å². The zero-order chi connectivity index (χ0) is 12.1. The third kappa shape index (κ3) is 3.75. The quantitative estimate of drug-likeness (QED) is 0.845. The van der Waals surface area contributed by atoms with Crippen molar-refractivity contribution in [3.05, 3.63) is 29.8 Å². The van der Waals surface area contributed by atoms with Crippen molar-refractivity contribution in [3.63, 3.8) is 0 Å². The Labute approximate surface area is 109 Å². The van der Waals surface area contributed by atoms with Gasteiger partial charge in [-0.25, -0.2) is 0 Å². The molecule has 0 bridgehead atoms. The summed E-state index contributed by atoms with van der Waals surface area (Å²) in [4.78, 5) is 1.35. The lowest BCUT2D eigenvalue weighted by Crippen LogP contribution is -2.07. The van der Waals surface area contributed by atoms with Crippen LogP contribution in [0, 0.1) is 0 Å². The highest BCUT2D eigenvalue weighted by molar-refractivity contribution is 8.00. The van der Waals surface area contributed by atoms with Gasteiger partial charge >= 0.3 is 0 Å². The zero-order valence-corrected chi connectivity index (χ0v) is 11.4. The summed E-state index contributed by atoms with van der Waals surface area (Å²) in [6, 6.07) is 8.46. The number of benzene rings is 1. The van der Waals surface area contributed by atoms with Crippen LogP contribution in [0.4, 0.5) is 0 Å². The van der Waals surface area contributed by atoms with Gasteiger partial charge in [-0.1, -0.05) is 38.3 Å². The minimum Gasteiger partial charge on any atom is -0.388 e. The van der Waals surface area contributed by atoms with E-state index in [1.165, 1.54) is 37.0 Å². The number of hydrogen-bond donors (Lipinski definition) is 1. The van der Waals surface area contributed by atoms with Gasteiger partial charge in [0.1, 0.15) is 0 Å². The predicted octanol–water partition coefficient (Wildman–Crippen LogP) is 4.55. The van der Waals surface area contributed by atoms with Gasteiger partial charge in [0.05, 0.1) is 6.10 Å². The van der Waals surface area contributed by atoms with E-state index in [4.69, 9.17) is 0 Å². The third-order valence-corrected chi connectivity index (χ3v) is 4.86. The van der Waals surface area contributed by atoms with E-state index < -0.39 is 0 Å². The van der Waals surface area contributed by atoms with E-state index in [2.05, 4.69) is 24.3 Å². The standard InChI is InChI=1S/C15H22OS/c1-2-15(16)12-8-10-14(11-9-12)17-13-6-4-3-5-7-13/h8-11,13,15-16H,2-7H2,1H3/t15-/m1/s1. The van der Waals surface area contributed by atoms with Crippen molar-refractivity contribution in [3.8, 4) is 0 Å². The molecule has 0 aromatic heterocycles. The smallest absolute Gasteiger partial charge is 0.0787 e. The molecule has 1 N–H and O–H groups in total. The summed E-state index contributed by atoms with van der Waals surface area (Å²) in [6.45, 7) is 2.01. The Kier molecular flexibility index (Phi) is 4.93. The SMILES string of the molecule is CC[C@@H](O)c1ccc(SC2CCCCC2)cc1. The van der Waals surface area contributed by atoms with Crippen molar-refractivity contribution in [2.24, 2.45) is 0 Å². The first-order valence-corrected chi connectivity index (χ1v) is 7.62. The highest BCUT2D eigenvalue weighted by Gasteiger charge is 2.14. The highest BCUT2D eigenvalue weighted by atomic mass is 32.2. The molecule has 1 nitrogen and oxygen atoms in total. The topological polar surface area (TPSA) is 20.2 Å². The molecule has 0 spiro atoms. The molecule has 0 amide bonds. The van der Waals surface area contributed by atoms with Gasteiger partial charge in [0.2, 0.25) is 0 Å². The average molecular weight is 250 g/mol. The number of thioether (sulfide) groups is 1. The maximum Gasteiger partial charge on any atom is 0.0787 e. The first-order valence-electron chi connectivity index (χ1n) is 6.74. The van der Waals surface area contributed by atoms with E-state index in [1.807, 2.05) is 18.7 Å². The lowest BCUT2D eigenvalue weighted by Gasteiger charge is -2.21. The fraction of sp³-hybridized carbons (Fsp3) is 0.600. The molecule has 1 aromatic carbocycles. The van der Waals surface area contributed by atoms with Gasteiger partial charge in [-0.3, -0.25) is 0 Å². The molecule has 0 unspecified atom stereocenters. The van der Waals surface area contributed by atoms with Crippen molar-refractivity contribution >= 4 is 11.8 Å². The monoisotopic (exact) mass is 250 g/mol. The second-order valence-electron chi connectivity index (χ2n) is 4.87. The summed E-state index contributed by atoms with van der Waals surface area (Å²) >= 11 is 2.01. The zero-order valence-electron chi connectivity index (χ0n) is 10.6. The molecule has 2 rings (SSSR count). The Morgan fingerprint density at radius 3 is 2.41 bits per heavy atom. The van der Waals surface area contributed by atoms with Gasteiger partial charge in [-0.05, 0) is 37.0 Å². The Morgan fingerprint density at radius 2 is 1.82 bits per heavy atom. The third-order valence-electron chi connectivity index (χ3n) is 3.51. The average Bonchev–Trinajstić information content (AvgIpc) is 2.40. The van der Waals surface area contributed by atoms with E-state index in [-0.39, 0.29) is 6.10 Å². The Hall–Kier alpha value is -0.470. The predicted molar refractivity (Wildman–Crippen MR) is 74.4 cm³/mol. The molecule has 0 radical (unpaired) electrons. The normalized spacial score (nSPS) is 19.2. The summed E-state index contributed by atoms with van der Waals surface area (Å²) in [5, 5.41) is 10.5. The summed E-state index contributed by atoms with van der Waals surface area (Å²) in [7, 11) is 0. The fourth-order valence-corrected chi connectivity index (χ4v) is 3.63. The summed E-state index contributed by atoms with van der Waals surface area (Å²) in [5.41, 5.74) is 1.04. The van der Waals surface area contributed by atoms with Crippen LogP contribution in [0.15, 0.2) is 29.2 Å². The summed E-state index contributed by atoms with van der Waals surface area (Å²) < 4.78 is 0. The molecule has 94 valence electrons. The molecular weight excluding hydrogens is 228 g/mol. The van der Waals surface area contributed by atoms with E-state index in [0.29, 0.717) is 0 Å². The van der Waals surface area contributed by atoms with Crippen LogP contribution >= 0.6 is 11.8 Å².